The van der Waals surface area contributed by atoms with Crippen molar-refractivity contribution in [3.05, 3.63) is 82.3 Å². The lowest BCUT2D eigenvalue weighted by Gasteiger charge is -2.00. The normalized spacial score (nSPS) is 10.9. The average molecular weight is 387 g/mol. The van der Waals surface area contributed by atoms with Gasteiger partial charge in [-0.15, -0.1) is 0 Å². The van der Waals surface area contributed by atoms with E-state index in [0.29, 0.717) is 11.5 Å². The SMILES string of the molecule is O=C(N/N=C/c1ccc(-c2ccc(Br)cc2)o1)c1ccccc1F. The maximum Gasteiger partial charge on any atom is 0.274 e. The molecule has 0 atom stereocenters. The summed E-state index contributed by atoms with van der Waals surface area (Å²) in [7, 11) is 0. The first-order valence-electron chi connectivity index (χ1n) is 7.07. The molecule has 6 heteroatoms. The molecular formula is C18H12BrFN2O2. The van der Waals surface area contributed by atoms with Crippen LogP contribution in [0.2, 0.25) is 0 Å². The average Bonchev–Trinajstić information content (AvgIpc) is 3.04. The Labute approximate surface area is 146 Å². The summed E-state index contributed by atoms with van der Waals surface area (Å²) in [4.78, 5) is 11.8. The van der Waals surface area contributed by atoms with Crippen LogP contribution in [0.3, 0.4) is 0 Å². The van der Waals surface area contributed by atoms with Crippen LogP contribution in [0.4, 0.5) is 4.39 Å². The van der Waals surface area contributed by atoms with Gasteiger partial charge in [-0.05, 0) is 36.4 Å². The van der Waals surface area contributed by atoms with E-state index in [1.165, 1.54) is 24.4 Å². The van der Waals surface area contributed by atoms with Gasteiger partial charge in [0.2, 0.25) is 0 Å². The van der Waals surface area contributed by atoms with Crippen molar-refractivity contribution in [2.75, 3.05) is 0 Å². The minimum Gasteiger partial charge on any atom is -0.455 e. The monoisotopic (exact) mass is 386 g/mol. The smallest absolute Gasteiger partial charge is 0.274 e. The van der Waals surface area contributed by atoms with Crippen LogP contribution in [0.15, 0.2) is 74.7 Å². The van der Waals surface area contributed by atoms with E-state index in [2.05, 4.69) is 26.5 Å². The number of amides is 1. The Kier molecular flexibility index (Phi) is 4.86. The van der Waals surface area contributed by atoms with Gasteiger partial charge in [0, 0.05) is 10.0 Å². The number of furan rings is 1. The largest absolute Gasteiger partial charge is 0.455 e. The van der Waals surface area contributed by atoms with Crippen LogP contribution in [0.1, 0.15) is 16.1 Å². The molecule has 1 aromatic heterocycles. The molecule has 0 spiro atoms. The maximum atomic E-state index is 13.5. The Morgan fingerprint density at radius 3 is 2.58 bits per heavy atom. The highest BCUT2D eigenvalue weighted by Crippen LogP contribution is 2.23. The number of hydrazone groups is 1. The van der Waals surface area contributed by atoms with Crippen molar-refractivity contribution in [1.82, 2.24) is 5.43 Å². The minimum atomic E-state index is -0.621. The van der Waals surface area contributed by atoms with E-state index in [9.17, 15) is 9.18 Å². The molecule has 24 heavy (non-hydrogen) atoms. The number of hydrogen-bond donors (Lipinski definition) is 1. The molecule has 0 saturated heterocycles. The van der Waals surface area contributed by atoms with Gasteiger partial charge in [-0.1, -0.05) is 40.2 Å². The van der Waals surface area contributed by atoms with Crippen LogP contribution in [0, 0.1) is 5.82 Å². The molecule has 1 heterocycles. The zero-order valence-corrected chi connectivity index (χ0v) is 14.0. The van der Waals surface area contributed by atoms with Gasteiger partial charge in [0.1, 0.15) is 17.3 Å². The number of benzene rings is 2. The first kappa shape index (κ1) is 16.1. The van der Waals surface area contributed by atoms with Crippen molar-refractivity contribution in [2.24, 2.45) is 5.10 Å². The molecule has 2 aromatic carbocycles. The fourth-order valence-corrected chi connectivity index (χ4v) is 2.32. The van der Waals surface area contributed by atoms with Gasteiger partial charge < -0.3 is 4.42 Å². The summed E-state index contributed by atoms with van der Waals surface area (Å²) in [5.41, 5.74) is 3.13. The fraction of sp³-hybridized carbons (Fsp3) is 0. The molecule has 3 rings (SSSR count). The Morgan fingerprint density at radius 2 is 1.83 bits per heavy atom. The summed E-state index contributed by atoms with van der Waals surface area (Å²) in [6, 6.07) is 16.9. The molecule has 3 aromatic rings. The van der Waals surface area contributed by atoms with Crippen LogP contribution in [-0.2, 0) is 0 Å². The van der Waals surface area contributed by atoms with E-state index in [-0.39, 0.29) is 5.56 Å². The van der Waals surface area contributed by atoms with Gasteiger partial charge in [0.25, 0.3) is 5.91 Å². The van der Waals surface area contributed by atoms with Gasteiger partial charge in [0.15, 0.2) is 0 Å². The molecule has 0 aliphatic heterocycles. The number of nitrogens with zero attached hydrogens (tertiary/aromatic N) is 1. The summed E-state index contributed by atoms with van der Waals surface area (Å²) >= 11 is 3.38. The van der Waals surface area contributed by atoms with Crippen LogP contribution in [0.25, 0.3) is 11.3 Å². The number of carbonyl (C=O) groups excluding carboxylic acids is 1. The molecule has 120 valence electrons. The zero-order valence-electron chi connectivity index (χ0n) is 12.4. The highest BCUT2D eigenvalue weighted by atomic mass is 79.9. The second kappa shape index (κ2) is 7.23. The maximum absolute atomic E-state index is 13.5. The molecule has 0 fully saturated rings. The third kappa shape index (κ3) is 3.78. The number of carbonyl (C=O) groups is 1. The van der Waals surface area contributed by atoms with E-state index < -0.39 is 11.7 Å². The van der Waals surface area contributed by atoms with E-state index in [1.54, 1.807) is 12.1 Å². The molecule has 0 aliphatic carbocycles. The van der Waals surface area contributed by atoms with Crippen LogP contribution in [0.5, 0.6) is 0 Å². The topological polar surface area (TPSA) is 54.6 Å². The zero-order chi connectivity index (χ0) is 16.9. The molecule has 0 unspecified atom stereocenters. The van der Waals surface area contributed by atoms with Crippen molar-refractivity contribution in [3.63, 3.8) is 0 Å². The number of nitrogens with one attached hydrogen (secondary N) is 1. The van der Waals surface area contributed by atoms with Gasteiger partial charge in [-0.3, -0.25) is 4.79 Å². The summed E-state index contributed by atoms with van der Waals surface area (Å²) in [6.07, 6.45) is 1.36. The molecular weight excluding hydrogens is 375 g/mol. The second-order valence-electron chi connectivity index (χ2n) is 4.89. The first-order chi connectivity index (χ1) is 11.6. The van der Waals surface area contributed by atoms with Gasteiger partial charge in [-0.2, -0.15) is 5.10 Å². The van der Waals surface area contributed by atoms with Gasteiger partial charge in [0.05, 0.1) is 11.8 Å². The molecule has 0 bridgehead atoms. The van der Waals surface area contributed by atoms with Crippen molar-refractivity contribution >= 4 is 28.1 Å². The summed E-state index contributed by atoms with van der Waals surface area (Å²) in [5, 5.41) is 3.79. The molecule has 1 N–H and O–H groups in total. The Morgan fingerprint density at radius 1 is 1.08 bits per heavy atom. The van der Waals surface area contributed by atoms with E-state index in [1.807, 2.05) is 30.3 Å². The van der Waals surface area contributed by atoms with Crippen molar-refractivity contribution in [1.29, 1.82) is 0 Å². The molecule has 1 amide bonds. The van der Waals surface area contributed by atoms with Crippen molar-refractivity contribution in [3.8, 4) is 11.3 Å². The summed E-state index contributed by atoms with van der Waals surface area (Å²) in [5.74, 6) is -0.0594. The van der Waals surface area contributed by atoms with Crippen molar-refractivity contribution < 1.29 is 13.6 Å². The highest BCUT2D eigenvalue weighted by Gasteiger charge is 2.09. The third-order valence-corrected chi connectivity index (χ3v) is 3.76. The van der Waals surface area contributed by atoms with Gasteiger partial charge in [-0.25, -0.2) is 9.82 Å². The molecule has 0 aliphatic rings. The Balaban J connectivity index is 1.66. The quantitative estimate of drug-likeness (QED) is 0.525. The molecule has 0 saturated carbocycles. The number of halogens is 2. The Bertz CT molecular complexity index is 888. The molecule has 0 radical (unpaired) electrons. The van der Waals surface area contributed by atoms with E-state index in [4.69, 9.17) is 4.42 Å². The molecule has 4 nitrogen and oxygen atoms in total. The fourth-order valence-electron chi connectivity index (χ4n) is 2.05. The summed E-state index contributed by atoms with van der Waals surface area (Å²) < 4.78 is 20.1. The lowest BCUT2D eigenvalue weighted by molar-refractivity contribution is 0.0951. The van der Waals surface area contributed by atoms with Crippen LogP contribution < -0.4 is 5.43 Å². The Hall–Kier alpha value is -2.73. The van der Waals surface area contributed by atoms with Crippen LogP contribution >= 0.6 is 15.9 Å². The standard InChI is InChI=1S/C18H12BrFN2O2/c19-13-7-5-12(6-8-13)17-10-9-14(24-17)11-21-22-18(23)15-3-1-2-4-16(15)20/h1-11H,(H,22,23)/b21-11+. The predicted molar refractivity (Wildman–Crippen MR) is 93.3 cm³/mol. The third-order valence-electron chi connectivity index (χ3n) is 3.23. The first-order valence-corrected chi connectivity index (χ1v) is 7.86. The number of rotatable bonds is 4. The number of hydrogen-bond acceptors (Lipinski definition) is 3. The van der Waals surface area contributed by atoms with Crippen LogP contribution in [-0.4, -0.2) is 12.1 Å². The van der Waals surface area contributed by atoms with E-state index >= 15 is 0 Å². The summed E-state index contributed by atoms with van der Waals surface area (Å²) in [6.45, 7) is 0. The second-order valence-corrected chi connectivity index (χ2v) is 5.80. The van der Waals surface area contributed by atoms with E-state index in [0.717, 1.165) is 10.0 Å². The van der Waals surface area contributed by atoms with Crippen molar-refractivity contribution in [2.45, 2.75) is 0 Å². The lowest BCUT2D eigenvalue weighted by atomic mass is 10.2. The minimum absolute atomic E-state index is 0.0651. The lowest BCUT2D eigenvalue weighted by Crippen LogP contribution is -2.18. The predicted octanol–water partition coefficient (Wildman–Crippen LogP) is 4.61. The highest BCUT2D eigenvalue weighted by molar-refractivity contribution is 9.10. The van der Waals surface area contributed by atoms with Gasteiger partial charge >= 0.3 is 0 Å².